The topological polar surface area (TPSA) is 40.1 Å². The fourth-order valence-corrected chi connectivity index (χ4v) is 3.71. The molecule has 1 saturated heterocycles. The first-order valence-electron chi connectivity index (χ1n) is 10.3. The molecule has 1 fully saturated rings. The molecule has 1 N–H and O–H groups in total. The summed E-state index contributed by atoms with van der Waals surface area (Å²) in [5, 5.41) is 3.48. The Morgan fingerprint density at radius 2 is 2.04 bits per heavy atom. The smallest absolute Gasteiger partial charge is 0.194 e. The van der Waals surface area contributed by atoms with Gasteiger partial charge in [-0.1, -0.05) is 41.5 Å². The maximum Gasteiger partial charge on any atom is 0.194 e. The molecule has 0 atom stereocenters. The van der Waals surface area contributed by atoms with Crippen LogP contribution >= 0.6 is 24.0 Å². The highest BCUT2D eigenvalue weighted by Crippen LogP contribution is 2.13. The number of nitrogens with one attached hydrogen (secondary N) is 1. The lowest BCUT2D eigenvalue weighted by atomic mass is 10.1. The molecule has 0 aromatic heterocycles. The maximum atomic E-state index is 5.38. The van der Waals surface area contributed by atoms with Crippen LogP contribution in [-0.2, 0) is 11.3 Å². The first-order chi connectivity index (χ1) is 13.2. The molecule has 0 radical (unpaired) electrons. The van der Waals surface area contributed by atoms with E-state index in [-0.39, 0.29) is 24.0 Å². The number of nitrogens with zero attached hydrogens (tertiary/aromatic N) is 3. The summed E-state index contributed by atoms with van der Waals surface area (Å²) in [4.78, 5) is 9.84. The average Bonchev–Trinajstić information content (AvgIpc) is 2.69. The van der Waals surface area contributed by atoms with Gasteiger partial charge in [0.2, 0.25) is 0 Å². The summed E-state index contributed by atoms with van der Waals surface area (Å²) in [6.07, 6.45) is 4.32. The summed E-state index contributed by atoms with van der Waals surface area (Å²) in [5.41, 5.74) is 4.24. The van der Waals surface area contributed by atoms with Crippen molar-refractivity contribution < 1.29 is 4.74 Å². The zero-order chi connectivity index (χ0) is 18.9. The van der Waals surface area contributed by atoms with Crippen molar-refractivity contribution in [1.82, 2.24) is 15.1 Å². The summed E-state index contributed by atoms with van der Waals surface area (Å²) in [6.45, 7) is 13.0. The number of aliphatic imine (C=N–C) groups is 1. The van der Waals surface area contributed by atoms with E-state index >= 15 is 0 Å². The van der Waals surface area contributed by atoms with Crippen LogP contribution in [0.5, 0.6) is 0 Å². The van der Waals surface area contributed by atoms with Crippen molar-refractivity contribution >= 4 is 29.9 Å². The normalized spacial score (nSPS) is 18.4. The molecule has 28 heavy (non-hydrogen) atoms. The SMILES string of the molecule is CCNC(=NCCC1=CCOCC1)N1CCN(Cc2cccc(C)c2)CC1.I. The van der Waals surface area contributed by atoms with Crippen LogP contribution in [0.15, 0.2) is 40.9 Å². The average molecular weight is 498 g/mol. The van der Waals surface area contributed by atoms with Crippen molar-refractivity contribution in [3.8, 4) is 0 Å². The van der Waals surface area contributed by atoms with Gasteiger partial charge in [0, 0.05) is 45.8 Å². The molecule has 6 heteroatoms. The molecular formula is C22H35IN4O. The van der Waals surface area contributed by atoms with E-state index in [1.165, 1.54) is 16.7 Å². The Morgan fingerprint density at radius 1 is 1.21 bits per heavy atom. The van der Waals surface area contributed by atoms with Crippen LogP contribution < -0.4 is 5.32 Å². The summed E-state index contributed by atoms with van der Waals surface area (Å²) in [7, 11) is 0. The number of halogens is 1. The molecule has 5 nitrogen and oxygen atoms in total. The number of ether oxygens (including phenoxy) is 1. The number of hydrogen-bond acceptors (Lipinski definition) is 3. The fraction of sp³-hybridized carbons (Fsp3) is 0.591. The highest BCUT2D eigenvalue weighted by molar-refractivity contribution is 14.0. The molecule has 2 aliphatic rings. The van der Waals surface area contributed by atoms with Gasteiger partial charge in [-0.2, -0.15) is 0 Å². The number of rotatable bonds is 6. The zero-order valence-electron chi connectivity index (χ0n) is 17.3. The molecule has 156 valence electrons. The largest absolute Gasteiger partial charge is 0.377 e. The van der Waals surface area contributed by atoms with Gasteiger partial charge in [0.1, 0.15) is 0 Å². The van der Waals surface area contributed by atoms with Gasteiger partial charge in [0.25, 0.3) is 0 Å². The van der Waals surface area contributed by atoms with E-state index in [4.69, 9.17) is 9.73 Å². The molecule has 0 spiro atoms. The highest BCUT2D eigenvalue weighted by atomic mass is 127. The maximum absolute atomic E-state index is 5.38. The van der Waals surface area contributed by atoms with Gasteiger partial charge in [0.15, 0.2) is 5.96 Å². The van der Waals surface area contributed by atoms with Gasteiger partial charge in [0.05, 0.1) is 13.2 Å². The van der Waals surface area contributed by atoms with E-state index < -0.39 is 0 Å². The van der Waals surface area contributed by atoms with E-state index in [0.717, 1.165) is 77.8 Å². The van der Waals surface area contributed by atoms with Crippen LogP contribution in [0, 0.1) is 6.92 Å². The molecule has 1 aromatic carbocycles. The van der Waals surface area contributed by atoms with E-state index in [1.54, 1.807) is 0 Å². The lowest BCUT2D eigenvalue weighted by Crippen LogP contribution is -2.52. The van der Waals surface area contributed by atoms with Crippen molar-refractivity contribution in [3.05, 3.63) is 47.0 Å². The van der Waals surface area contributed by atoms with Gasteiger partial charge < -0.3 is 15.0 Å². The second-order valence-electron chi connectivity index (χ2n) is 7.43. The van der Waals surface area contributed by atoms with Gasteiger partial charge in [-0.25, -0.2) is 0 Å². The zero-order valence-corrected chi connectivity index (χ0v) is 19.7. The fourth-order valence-electron chi connectivity index (χ4n) is 3.71. The van der Waals surface area contributed by atoms with Gasteiger partial charge >= 0.3 is 0 Å². The van der Waals surface area contributed by atoms with Crippen molar-refractivity contribution in [2.75, 3.05) is 52.5 Å². The van der Waals surface area contributed by atoms with Crippen molar-refractivity contribution in [1.29, 1.82) is 0 Å². The van der Waals surface area contributed by atoms with Crippen LogP contribution in [0.25, 0.3) is 0 Å². The third-order valence-corrected chi connectivity index (χ3v) is 5.25. The van der Waals surface area contributed by atoms with Crippen LogP contribution in [-0.4, -0.2) is 68.2 Å². The molecule has 2 heterocycles. The number of guanidine groups is 1. The number of hydrogen-bond donors (Lipinski definition) is 1. The quantitative estimate of drug-likeness (QED) is 0.283. The second kappa shape index (κ2) is 12.4. The number of piperazine rings is 1. The Labute approximate surface area is 187 Å². The first kappa shape index (κ1) is 23.2. The molecule has 0 saturated carbocycles. The summed E-state index contributed by atoms with van der Waals surface area (Å²) >= 11 is 0. The first-order valence-corrected chi connectivity index (χ1v) is 10.3. The molecule has 3 rings (SSSR count). The lowest BCUT2D eigenvalue weighted by molar-refractivity contribution is 0.153. The molecule has 0 unspecified atom stereocenters. The van der Waals surface area contributed by atoms with Crippen molar-refractivity contribution in [2.45, 2.75) is 33.2 Å². The summed E-state index contributed by atoms with van der Waals surface area (Å²) < 4.78 is 5.38. The standard InChI is InChI=1S/C22H34N4O.HI/c1-3-23-22(24-10-7-20-8-15-27-16-9-20)26-13-11-25(12-14-26)18-21-6-4-5-19(2)17-21;/h4-6,8,17H,3,7,9-16,18H2,1-2H3,(H,23,24);1H. The Kier molecular flexibility index (Phi) is 10.3. The summed E-state index contributed by atoms with van der Waals surface area (Å²) in [5.74, 6) is 1.07. The third-order valence-electron chi connectivity index (χ3n) is 5.25. The van der Waals surface area contributed by atoms with Crippen LogP contribution in [0.4, 0.5) is 0 Å². The Balaban J connectivity index is 0.00000280. The highest BCUT2D eigenvalue weighted by Gasteiger charge is 2.19. The van der Waals surface area contributed by atoms with Crippen LogP contribution in [0.3, 0.4) is 0 Å². The molecular weight excluding hydrogens is 463 g/mol. The molecule has 1 aromatic rings. The van der Waals surface area contributed by atoms with Gasteiger partial charge in [-0.3, -0.25) is 9.89 Å². The van der Waals surface area contributed by atoms with Crippen molar-refractivity contribution in [3.63, 3.8) is 0 Å². The molecule has 0 aliphatic carbocycles. The minimum absolute atomic E-state index is 0. The monoisotopic (exact) mass is 498 g/mol. The lowest BCUT2D eigenvalue weighted by Gasteiger charge is -2.36. The van der Waals surface area contributed by atoms with Crippen LogP contribution in [0.1, 0.15) is 30.9 Å². The van der Waals surface area contributed by atoms with E-state index in [0.29, 0.717) is 0 Å². The predicted molar refractivity (Wildman–Crippen MR) is 128 cm³/mol. The Hall–Kier alpha value is -1.12. The number of aryl methyl sites for hydroxylation is 1. The molecule has 0 bridgehead atoms. The third kappa shape index (κ3) is 7.37. The van der Waals surface area contributed by atoms with E-state index in [2.05, 4.69) is 59.3 Å². The predicted octanol–water partition coefficient (Wildman–Crippen LogP) is 3.43. The Bertz CT molecular complexity index is 654. The number of benzene rings is 1. The van der Waals surface area contributed by atoms with Gasteiger partial charge in [-0.15, -0.1) is 24.0 Å². The van der Waals surface area contributed by atoms with E-state index in [9.17, 15) is 0 Å². The molecule has 0 amide bonds. The second-order valence-corrected chi connectivity index (χ2v) is 7.43. The summed E-state index contributed by atoms with van der Waals surface area (Å²) in [6, 6.07) is 8.85. The Morgan fingerprint density at radius 3 is 2.71 bits per heavy atom. The minimum atomic E-state index is 0. The molecule has 2 aliphatic heterocycles. The minimum Gasteiger partial charge on any atom is -0.377 e. The van der Waals surface area contributed by atoms with Crippen LogP contribution in [0.2, 0.25) is 0 Å². The van der Waals surface area contributed by atoms with Crippen molar-refractivity contribution in [2.24, 2.45) is 4.99 Å². The van der Waals surface area contributed by atoms with E-state index in [1.807, 2.05) is 0 Å². The van der Waals surface area contributed by atoms with Gasteiger partial charge in [-0.05, 0) is 32.3 Å².